The first-order valence-corrected chi connectivity index (χ1v) is 7.52. The Kier molecular flexibility index (Phi) is 6.45. The van der Waals surface area contributed by atoms with Crippen LogP contribution in [0, 0.1) is 5.92 Å². The van der Waals surface area contributed by atoms with Crippen molar-refractivity contribution in [3.63, 3.8) is 0 Å². The molecule has 6 heteroatoms. The van der Waals surface area contributed by atoms with Crippen molar-refractivity contribution in [1.29, 1.82) is 0 Å². The summed E-state index contributed by atoms with van der Waals surface area (Å²) in [5, 5.41) is 3.19. The van der Waals surface area contributed by atoms with E-state index in [1.54, 1.807) is 4.90 Å². The highest BCUT2D eigenvalue weighted by atomic mass is 16.6. The molecule has 1 aliphatic rings. The molecule has 6 nitrogen and oxygen atoms in total. The van der Waals surface area contributed by atoms with E-state index in [2.05, 4.69) is 23.9 Å². The van der Waals surface area contributed by atoms with Gasteiger partial charge in [0.15, 0.2) is 0 Å². The number of ether oxygens (including phenoxy) is 2. The summed E-state index contributed by atoms with van der Waals surface area (Å²) >= 11 is 0. The maximum absolute atomic E-state index is 12.4. The lowest BCUT2D eigenvalue weighted by atomic mass is 9.96. The summed E-state index contributed by atoms with van der Waals surface area (Å²) in [7, 11) is 1.35. The molecule has 1 unspecified atom stereocenters. The molecule has 0 bridgehead atoms. The molecule has 21 heavy (non-hydrogen) atoms. The molecule has 0 aromatic rings. The van der Waals surface area contributed by atoms with Crippen LogP contribution >= 0.6 is 0 Å². The molecule has 1 N–H and O–H groups in total. The molecule has 0 aromatic heterocycles. The van der Waals surface area contributed by atoms with E-state index < -0.39 is 5.60 Å². The fraction of sp³-hybridized carbons (Fsp3) is 0.867. The second kappa shape index (κ2) is 7.64. The first kappa shape index (κ1) is 17.8. The molecule has 122 valence electrons. The Morgan fingerprint density at radius 2 is 2.05 bits per heavy atom. The predicted octanol–water partition coefficient (Wildman–Crippen LogP) is 1.78. The third-order valence-corrected chi connectivity index (χ3v) is 3.48. The van der Waals surface area contributed by atoms with E-state index >= 15 is 0 Å². The van der Waals surface area contributed by atoms with E-state index in [9.17, 15) is 9.59 Å². The van der Waals surface area contributed by atoms with E-state index in [-0.39, 0.29) is 24.5 Å². The fourth-order valence-electron chi connectivity index (χ4n) is 2.78. The van der Waals surface area contributed by atoms with Crippen LogP contribution in [0.15, 0.2) is 0 Å². The maximum atomic E-state index is 12.4. The number of carbonyl (C=O) groups excluding carboxylic acids is 2. The van der Waals surface area contributed by atoms with E-state index in [1.165, 1.54) is 7.11 Å². The molecule has 1 saturated heterocycles. The Balaban J connectivity index is 2.66. The summed E-state index contributed by atoms with van der Waals surface area (Å²) in [5.41, 5.74) is -0.508. The van der Waals surface area contributed by atoms with Crippen molar-refractivity contribution in [3.05, 3.63) is 0 Å². The van der Waals surface area contributed by atoms with E-state index in [0.717, 1.165) is 6.42 Å². The molecule has 1 fully saturated rings. The van der Waals surface area contributed by atoms with Crippen LogP contribution in [-0.4, -0.2) is 55.3 Å². The number of hydrogen-bond acceptors (Lipinski definition) is 5. The Bertz CT molecular complexity index is 369. The third kappa shape index (κ3) is 5.91. The molecule has 0 spiro atoms. The summed E-state index contributed by atoms with van der Waals surface area (Å²) in [4.78, 5) is 25.5. The van der Waals surface area contributed by atoms with Crippen LogP contribution < -0.4 is 5.32 Å². The summed E-state index contributed by atoms with van der Waals surface area (Å²) in [6.07, 6.45) is 0.631. The largest absolute Gasteiger partial charge is 0.469 e. The lowest BCUT2D eigenvalue weighted by molar-refractivity contribution is -0.142. The van der Waals surface area contributed by atoms with Crippen molar-refractivity contribution >= 4 is 12.1 Å². The SMILES string of the molecule is COC(=O)CC1CNCCN1C(=O)OC(C)(C)CC(C)C. The van der Waals surface area contributed by atoms with Gasteiger partial charge in [-0.3, -0.25) is 4.79 Å². The number of carbonyl (C=O) groups is 2. The number of rotatable bonds is 5. The average molecular weight is 300 g/mol. The second-order valence-corrected chi connectivity index (χ2v) is 6.56. The monoisotopic (exact) mass is 300 g/mol. The van der Waals surface area contributed by atoms with Crippen molar-refractivity contribution in [2.24, 2.45) is 5.92 Å². The van der Waals surface area contributed by atoms with Gasteiger partial charge in [0.1, 0.15) is 5.60 Å². The van der Waals surface area contributed by atoms with Gasteiger partial charge in [0.2, 0.25) is 0 Å². The molecule has 0 aliphatic carbocycles. The maximum Gasteiger partial charge on any atom is 0.410 e. The van der Waals surface area contributed by atoms with Crippen molar-refractivity contribution < 1.29 is 19.1 Å². The van der Waals surface area contributed by atoms with Gasteiger partial charge in [0.05, 0.1) is 19.6 Å². The second-order valence-electron chi connectivity index (χ2n) is 6.56. The summed E-state index contributed by atoms with van der Waals surface area (Å²) in [6, 6.07) is -0.214. The third-order valence-electron chi connectivity index (χ3n) is 3.48. The van der Waals surface area contributed by atoms with Gasteiger partial charge in [-0.2, -0.15) is 0 Å². The zero-order chi connectivity index (χ0) is 16.0. The molecule has 0 saturated carbocycles. The van der Waals surface area contributed by atoms with Gasteiger partial charge < -0.3 is 19.7 Å². The normalized spacial score (nSPS) is 19.5. The number of nitrogens with zero attached hydrogens (tertiary/aromatic N) is 1. The Morgan fingerprint density at radius 1 is 1.38 bits per heavy atom. The summed E-state index contributed by atoms with van der Waals surface area (Å²) < 4.78 is 10.3. The van der Waals surface area contributed by atoms with E-state index in [1.807, 2.05) is 13.8 Å². The minimum absolute atomic E-state index is 0.184. The van der Waals surface area contributed by atoms with Crippen LogP contribution in [0.2, 0.25) is 0 Å². The highest BCUT2D eigenvalue weighted by molar-refractivity contribution is 5.73. The summed E-state index contributed by atoms with van der Waals surface area (Å²) in [6.45, 7) is 9.86. The number of hydrogen-bond donors (Lipinski definition) is 1. The minimum atomic E-state index is -0.508. The van der Waals surface area contributed by atoms with Crippen molar-refractivity contribution in [3.8, 4) is 0 Å². The number of esters is 1. The van der Waals surface area contributed by atoms with Crippen LogP contribution in [0.1, 0.15) is 40.5 Å². The minimum Gasteiger partial charge on any atom is -0.469 e. The molecule has 0 radical (unpaired) electrons. The molecule has 1 rings (SSSR count). The fourth-order valence-corrected chi connectivity index (χ4v) is 2.78. The molecular formula is C15H28N2O4. The lowest BCUT2D eigenvalue weighted by Gasteiger charge is -2.37. The van der Waals surface area contributed by atoms with Gasteiger partial charge in [-0.05, 0) is 26.2 Å². The summed E-state index contributed by atoms with van der Waals surface area (Å²) in [5.74, 6) is 0.129. The Labute approximate surface area is 127 Å². The Morgan fingerprint density at radius 3 is 2.62 bits per heavy atom. The van der Waals surface area contributed by atoms with Gasteiger partial charge in [-0.25, -0.2) is 4.79 Å². The van der Waals surface area contributed by atoms with Crippen molar-refractivity contribution in [2.45, 2.75) is 52.2 Å². The molecule has 1 heterocycles. The van der Waals surface area contributed by atoms with Gasteiger partial charge in [-0.15, -0.1) is 0 Å². The smallest absolute Gasteiger partial charge is 0.410 e. The van der Waals surface area contributed by atoms with Crippen LogP contribution in [0.4, 0.5) is 4.79 Å². The number of nitrogens with one attached hydrogen (secondary N) is 1. The van der Waals surface area contributed by atoms with Crippen LogP contribution in [0.3, 0.4) is 0 Å². The highest BCUT2D eigenvalue weighted by Gasteiger charge is 2.33. The molecule has 1 aliphatic heterocycles. The molecular weight excluding hydrogens is 272 g/mol. The standard InChI is InChI=1S/C15H28N2O4/c1-11(2)9-15(3,4)21-14(19)17-7-6-16-10-12(17)8-13(18)20-5/h11-12,16H,6-10H2,1-5H3. The first-order valence-electron chi connectivity index (χ1n) is 7.52. The molecule has 1 atom stereocenters. The molecule has 0 aromatic carbocycles. The molecule has 1 amide bonds. The Hall–Kier alpha value is -1.30. The van der Waals surface area contributed by atoms with Gasteiger partial charge in [0.25, 0.3) is 0 Å². The zero-order valence-electron chi connectivity index (χ0n) is 13.8. The number of amides is 1. The van der Waals surface area contributed by atoms with Crippen molar-refractivity contribution in [1.82, 2.24) is 10.2 Å². The van der Waals surface area contributed by atoms with E-state index in [4.69, 9.17) is 4.74 Å². The van der Waals surface area contributed by atoms with Crippen LogP contribution in [-0.2, 0) is 14.3 Å². The number of piperazine rings is 1. The van der Waals surface area contributed by atoms with Crippen molar-refractivity contribution in [2.75, 3.05) is 26.7 Å². The van der Waals surface area contributed by atoms with Gasteiger partial charge in [-0.1, -0.05) is 13.8 Å². The van der Waals surface area contributed by atoms with Crippen LogP contribution in [0.25, 0.3) is 0 Å². The quantitative estimate of drug-likeness (QED) is 0.784. The topological polar surface area (TPSA) is 67.9 Å². The zero-order valence-corrected chi connectivity index (χ0v) is 13.8. The average Bonchev–Trinajstić information content (AvgIpc) is 2.36. The van der Waals surface area contributed by atoms with E-state index in [0.29, 0.717) is 25.6 Å². The van der Waals surface area contributed by atoms with Gasteiger partial charge in [0, 0.05) is 19.6 Å². The first-order chi connectivity index (χ1) is 9.75. The van der Waals surface area contributed by atoms with Gasteiger partial charge >= 0.3 is 12.1 Å². The highest BCUT2D eigenvalue weighted by Crippen LogP contribution is 2.22. The predicted molar refractivity (Wildman–Crippen MR) is 80.0 cm³/mol. The van der Waals surface area contributed by atoms with Crippen LogP contribution in [0.5, 0.6) is 0 Å². The lowest BCUT2D eigenvalue weighted by Crippen LogP contribution is -2.55. The number of methoxy groups -OCH3 is 1.